The Kier molecular flexibility index (Phi) is 1.74. The van der Waals surface area contributed by atoms with Gasteiger partial charge in [0.05, 0.1) is 11.9 Å². The van der Waals surface area contributed by atoms with Crippen LogP contribution in [0, 0.1) is 6.07 Å². The van der Waals surface area contributed by atoms with Crippen molar-refractivity contribution in [3.8, 4) is 11.3 Å². The van der Waals surface area contributed by atoms with E-state index in [4.69, 9.17) is 0 Å². The maximum atomic E-state index is 4.44. The second-order valence-corrected chi connectivity index (χ2v) is 3.83. The van der Waals surface area contributed by atoms with Crippen LogP contribution in [0.3, 0.4) is 0 Å². The van der Waals surface area contributed by atoms with Crippen molar-refractivity contribution < 1.29 is 0 Å². The lowest BCUT2D eigenvalue weighted by atomic mass is 10.2. The van der Waals surface area contributed by atoms with Gasteiger partial charge in [0.2, 0.25) is 5.78 Å². The molecule has 0 aliphatic heterocycles. The van der Waals surface area contributed by atoms with Crippen LogP contribution in [0.1, 0.15) is 0 Å². The summed E-state index contributed by atoms with van der Waals surface area (Å²) in [6.07, 6.45) is 10.7. The minimum atomic E-state index is 0.657. The van der Waals surface area contributed by atoms with Crippen LogP contribution < -0.4 is 0 Å². The van der Waals surface area contributed by atoms with Crippen molar-refractivity contribution >= 4 is 11.4 Å². The lowest BCUT2D eigenvalue weighted by Gasteiger charge is -2.01. The van der Waals surface area contributed by atoms with Crippen LogP contribution in [0.25, 0.3) is 22.7 Å². The molecule has 6 heteroatoms. The van der Waals surface area contributed by atoms with Gasteiger partial charge in [0, 0.05) is 42.6 Å². The Hall–Kier alpha value is -2.76. The van der Waals surface area contributed by atoms with E-state index in [-0.39, 0.29) is 0 Å². The zero-order valence-corrected chi connectivity index (χ0v) is 9.22. The molecule has 85 valence electrons. The van der Waals surface area contributed by atoms with Gasteiger partial charge in [0.15, 0.2) is 5.65 Å². The van der Waals surface area contributed by atoms with Crippen LogP contribution >= 0.6 is 0 Å². The number of hydrogen-bond donors (Lipinski definition) is 0. The fourth-order valence-electron chi connectivity index (χ4n) is 1.84. The number of imidazole rings is 2. The van der Waals surface area contributed by atoms with E-state index >= 15 is 0 Å². The number of fused-ring (bicyclic) bond motifs is 2. The van der Waals surface area contributed by atoms with Crippen LogP contribution in [-0.4, -0.2) is 29.0 Å². The second-order valence-electron chi connectivity index (χ2n) is 3.83. The van der Waals surface area contributed by atoms with Gasteiger partial charge in [0.1, 0.15) is 0 Å². The van der Waals surface area contributed by atoms with Crippen molar-refractivity contribution in [1.29, 1.82) is 0 Å². The van der Waals surface area contributed by atoms with Gasteiger partial charge < -0.3 is 0 Å². The number of nitrogens with zero attached hydrogens (tertiary/aromatic N) is 6. The molecule has 0 spiro atoms. The van der Waals surface area contributed by atoms with E-state index in [0.717, 1.165) is 11.3 Å². The molecule has 18 heavy (non-hydrogen) atoms. The average Bonchev–Trinajstić information content (AvgIpc) is 3.05. The standard InChI is InChI=1S/C12H7N6/c1-4-17-5-2-14-12(17)16-10(1)9-7-11-13-3-6-18(11)15-8-9/h1-6,8H. The van der Waals surface area contributed by atoms with Crippen molar-refractivity contribution in [3.05, 3.63) is 49.3 Å². The third-order valence-corrected chi connectivity index (χ3v) is 2.72. The second kappa shape index (κ2) is 3.36. The largest absolute Gasteiger partial charge is 0.291 e. The van der Waals surface area contributed by atoms with Gasteiger partial charge in [0.25, 0.3) is 0 Å². The summed E-state index contributed by atoms with van der Waals surface area (Å²) in [6, 6.07) is 5.07. The smallest absolute Gasteiger partial charge is 0.234 e. The highest BCUT2D eigenvalue weighted by molar-refractivity contribution is 5.62. The highest BCUT2D eigenvalue weighted by Crippen LogP contribution is 2.16. The minimum absolute atomic E-state index is 0.657. The normalized spacial score (nSPS) is 11.3. The van der Waals surface area contributed by atoms with Crippen LogP contribution in [0.5, 0.6) is 0 Å². The third-order valence-electron chi connectivity index (χ3n) is 2.72. The Balaban J connectivity index is 1.93. The summed E-state index contributed by atoms with van der Waals surface area (Å²) >= 11 is 0. The molecule has 4 aromatic rings. The predicted molar refractivity (Wildman–Crippen MR) is 63.8 cm³/mol. The first-order valence-electron chi connectivity index (χ1n) is 5.42. The Morgan fingerprint density at radius 1 is 1.06 bits per heavy atom. The molecule has 0 atom stereocenters. The lowest BCUT2D eigenvalue weighted by Crippen LogP contribution is -1.94. The maximum absolute atomic E-state index is 4.44. The molecule has 1 radical (unpaired) electrons. The van der Waals surface area contributed by atoms with E-state index < -0.39 is 0 Å². The molecule has 0 saturated carbocycles. The van der Waals surface area contributed by atoms with Gasteiger partial charge in [-0.2, -0.15) is 5.10 Å². The molecular formula is C12H7N6. The summed E-state index contributed by atoms with van der Waals surface area (Å²) < 4.78 is 3.52. The quantitative estimate of drug-likeness (QED) is 0.498. The van der Waals surface area contributed by atoms with Crippen molar-refractivity contribution in [2.75, 3.05) is 0 Å². The molecule has 0 aliphatic carbocycles. The van der Waals surface area contributed by atoms with Crippen LogP contribution in [0.4, 0.5) is 0 Å². The van der Waals surface area contributed by atoms with E-state index in [2.05, 4.69) is 26.1 Å². The fourth-order valence-corrected chi connectivity index (χ4v) is 1.84. The summed E-state index contributed by atoms with van der Waals surface area (Å²) in [5, 5.41) is 4.24. The van der Waals surface area contributed by atoms with E-state index in [1.807, 2.05) is 22.9 Å². The van der Waals surface area contributed by atoms with Crippen molar-refractivity contribution in [3.63, 3.8) is 0 Å². The van der Waals surface area contributed by atoms with Gasteiger partial charge in [-0.3, -0.25) is 4.40 Å². The van der Waals surface area contributed by atoms with Gasteiger partial charge >= 0.3 is 0 Å². The van der Waals surface area contributed by atoms with Crippen molar-refractivity contribution in [2.24, 2.45) is 0 Å². The molecule has 0 N–H and O–H groups in total. The predicted octanol–water partition coefficient (Wildman–Crippen LogP) is 1.24. The first kappa shape index (κ1) is 9.29. The first-order chi connectivity index (χ1) is 8.90. The maximum Gasteiger partial charge on any atom is 0.234 e. The highest BCUT2D eigenvalue weighted by Gasteiger charge is 2.05. The molecule has 6 nitrogen and oxygen atoms in total. The van der Waals surface area contributed by atoms with Gasteiger partial charge in [-0.1, -0.05) is 0 Å². The van der Waals surface area contributed by atoms with Gasteiger partial charge in [-0.05, 0) is 6.07 Å². The Labute approximate surface area is 102 Å². The Morgan fingerprint density at radius 2 is 2.00 bits per heavy atom. The minimum Gasteiger partial charge on any atom is -0.291 e. The highest BCUT2D eigenvalue weighted by atomic mass is 15.2. The van der Waals surface area contributed by atoms with Crippen molar-refractivity contribution in [1.82, 2.24) is 29.0 Å². The molecule has 0 aromatic carbocycles. The summed E-state index contributed by atoms with van der Waals surface area (Å²) in [5.41, 5.74) is 2.27. The molecular weight excluding hydrogens is 228 g/mol. The third kappa shape index (κ3) is 1.29. The summed E-state index contributed by atoms with van der Waals surface area (Å²) in [4.78, 5) is 12.7. The van der Waals surface area contributed by atoms with Crippen LogP contribution in [0.15, 0.2) is 43.2 Å². The van der Waals surface area contributed by atoms with E-state index in [0.29, 0.717) is 11.4 Å². The number of hydrogen-bond acceptors (Lipinski definition) is 4. The van der Waals surface area contributed by atoms with E-state index in [9.17, 15) is 0 Å². The molecule has 0 aliphatic rings. The zero-order chi connectivity index (χ0) is 11.9. The summed E-state index contributed by atoms with van der Waals surface area (Å²) in [5.74, 6) is 0.657. The molecule has 0 saturated heterocycles. The topological polar surface area (TPSA) is 60.4 Å². The molecule has 4 heterocycles. The molecule has 0 amide bonds. The molecule has 0 unspecified atom stereocenters. The van der Waals surface area contributed by atoms with Crippen LogP contribution in [-0.2, 0) is 0 Å². The van der Waals surface area contributed by atoms with Crippen molar-refractivity contribution in [2.45, 2.75) is 0 Å². The zero-order valence-electron chi connectivity index (χ0n) is 9.22. The summed E-state index contributed by atoms with van der Waals surface area (Å²) in [6.45, 7) is 0. The number of rotatable bonds is 1. The fraction of sp³-hybridized carbons (Fsp3) is 0. The van der Waals surface area contributed by atoms with E-state index in [1.54, 1.807) is 29.3 Å². The average molecular weight is 235 g/mol. The SMILES string of the molecule is [c]1c(-c2ccn3ccnc3n2)cnn2ccnc12. The first-order valence-corrected chi connectivity index (χ1v) is 5.42. The number of aromatic nitrogens is 6. The monoisotopic (exact) mass is 235 g/mol. The Morgan fingerprint density at radius 3 is 3.00 bits per heavy atom. The molecule has 0 fully saturated rings. The van der Waals surface area contributed by atoms with E-state index in [1.165, 1.54) is 0 Å². The molecule has 4 aromatic heterocycles. The lowest BCUT2D eigenvalue weighted by molar-refractivity contribution is 0.934. The molecule has 0 bridgehead atoms. The van der Waals surface area contributed by atoms with Gasteiger partial charge in [-0.25, -0.2) is 19.5 Å². The van der Waals surface area contributed by atoms with Gasteiger partial charge in [-0.15, -0.1) is 0 Å². The molecule has 4 rings (SSSR count). The Bertz CT molecular complexity index is 772. The summed E-state index contributed by atoms with van der Waals surface area (Å²) in [7, 11) is 0. The van der Waals surface area contributed by atoms with Crippen LogP contribution in [0.2, 0.25) is 0 Å².